The number of ether oxygens (including phenoxy) is 1. The predicted molar refractivity (Wildman–Crippen MR) is 109 cm³/mol. The number of amides is 1. The van der Waals surface area contributed by atoms with Gasteiger partial charge in [0.05, 0.1) is 6.17 Å². The van der Waals surface area contributed by atoms with Gasteiger partial charge in [0.2, 0.25) is 0 Å². The molecule has 0 aromatic heterocycles. The Morgan fingerprint density at radius 3 is 2.78 bits per heavy atom. The summed E-state index contributed by atoms with van der Waals surface area (Å²) in [6, 6.07) is 11.8. The van der Waals surface area contributed by atoms with Gasteiger partial charge in [0, 0.05) is 30.4 Å². The van der Waals surface area contributed by atoms with E-state index in [-0.39, 0.29) is 5.41 Å². The lowest BCUT2D eigenvalue weighted by molar-refractivity contribution is 0.215. The third-order valence-corrected chi connectivity index (χ3v) is 6.35. The van der Waals surface area contributed by atoms with Crippen molar-refractivity contribution in [3.63, 3.8) is 0 Å². The summed E-state index contributed by atoms with van der Waals surface area (Å²) in [6.45, 7) is 7.40. The van der Waals surface area contributed by atoms with E-state index in [0.717, 1.165) is 29.8 Å². The highest BCUT2D eigenvalue weighted by atomic mass is 16.6. The van der Waals surface area contributed by atoms with E-state index in [9.17, 15) is 4.79 Å². The van der Waals surface area contributed by atoms with Gasteiger partial charge in [0.25, 0.3) is 0 Å². The van der Waals surface area contributed by atoms with Gasteiger partial charge in [0.1, 0.15) is 5.75 Å². The lowest BCUT2D eigenvalue weighted by Crippen LogP contribution is -2.45. The van der Waals surface area contributed by atoms with E-state index in [4.69, 9.17) is 4.74 Å². The molecule has 5 heteroatoms. The van der Waals surface area contributed by atoms with E-state index < -0.39 is 6.09 Å². The van der Waals surface area contributed by atoms with Crippen molar-refractivity contribution >= 4 is 17.5 Å². The number of benzene rings is 2. The fourth-order valence-corrected chi connectivity index (χ4v) is 4.75. The van der Waals surface area contributed by atoms with Crippen LogP contribution in [-0.2, 0) is 5.41 Å². The second-order valence-corrected chi connectivity index (χ2v) is 8.07. The lowest BCUT2D eigenvalue weighted by Gasteiger charge is -2.32. The molecule has 1 fully saturated rings. The SMILES string of the molecule is Cc1cccc(NC(=O)Oc2ccc3c(c2)[C@]2(C)CCN(C)[C@@H]2N3C)c1C. The molecule has 2 atom stereocenters. The first-order valence-electron chi connectivity index (χ1n) is 9.44. The maximum atomic E-state index is 12.4. The molecule has 0 radical (unpaired) electrons. The summed E-state index contributed by atoms with van der Waals surface area (Å²) in [5.74, 6) is 0.585. The minimum Gasteiger partial charge on any atom is -0.410 e. The second kappa shape index (κ2) is 6.27. The lowest BCUT2D eigenvalue weighted by atomic mass is 9.81. The molecule has 0 bridgehead atoms. The summed E-state index contributed by atoms with van der Waals surface area (Å²) in [5, 5.41) is 2.86. The van der Waals surface area contributed by atoms with Crippen molar-refractivity contribution in [3.8, 4) is 5.75 Å². The van der Waals surface area contributed by atoms with Crippen LogP contribution in [0.5, 0.6) is 5.75 Å². The molecule has 0 unspecified atom stereocenters. The van der Waals surface area contributed by atoms with Gasteiger partial charge in [-0.05, 0) is 68.3 Å². The van der Waals surface area contributed by atoms with E-state index in [1.807, 2.05) is 44.2 Å². The highest BCUT2D eigenvalue weighted by Crippen LogP contribution is 2.51. The Morgan fingerprint density at radius 2 is 2.00 bits per heavy atom. The van der Waals surface area contributed by atoms with Gasteiger partial charge in [-0.25, -0.2) is 4.79 Å². The highest BCUT2D eigenvalue weighted by Gasteiger charge is 2.52. The molecular weight excluding hydrogens is 338 g/mol. The normalized spacial score (nSPS) is 23.9. The van der Waals surface area contributed by atoms with E-state index in [1.54, 1.807) is 0 Å². The van der Waals surface area contributed by atoms with Crippen molar-refractivity contribution in [1.29, 1.82) is 0 Å². The second-order valence-electron chi connectivity index (χ2n) is 8.07. The Labute approximate surface area is 160 Å². The maximum absolute atomic E-state index is 12.4. The molecule has 27 heavy (non-hydrogen) atoms. The Balaban J connectivity index is 1.56. The molecule has 1 saturated heterocycles. The topological polar surface area (TPSA) is 44.8 Å². The minimum atomic E-state index is -0.458. The smallest absolute Gasteiger partial charge is 0.410 e. The van der Waals surface area contributed by atoms with E-state index >= 15 is 0 Å². The van der Waals surface area contributed by atoms with Gasteiger partial charge < -0.3 is 9.64 Å². The molecule has 2 heterocycles. The predicted octanol–water partition coefficient (Wildman–Crippen LogP) is 4.28. The zero-order chi connectivity index (χ0) is 19.3. The molecule has 2 aromatic rings. The molecule has 1 amide bonds. The zero-order valence-corrected chi connectivity index (χ0v) is 16.7. The molecule has 2 aliphatic heterocycles. The molecule has 2 aliphatic rings. The molecule has 0 spiro atoms. The monoisotopic (exact) mass is 365 g/mol. The van der Waals surface area contributed by atoms with Gasteiger partial charge in [-0.3, -0.25) is 10.2 Å². The van der Waals surface area contributed by atoms with Crippen LogP contribution in [0, 0.1) is 13.8 Å². The number of likely N-dealkylation sites (N-methyl/N-ethyl adjacent to an activating group) is 2. The number of hydrogen-bond acceptors (Lipinski definition) is 4. The van der Waals surface area contributed by atoms with Crippen LogP contribution in [0.25, 0.3) is 0 Å². The number of carbonyl (C=O) groups is 1. The van der Waals surface area contributed by atoms with Crippen molar-refractivity contribution in [3.05, 3.63) is 53.1 Å². The number of nitrogens with zero attached hydrogens (tertiary/aromatic N) is 2. The molecule has 5 nitrogen and oxygen atoms in total. The molecule has 142 valence electrons. The van der Waals surface area contributed by atoms with Gasteiger partial charge >= 0.3 is 6.09 Å². The number of carbonyl (C=O) groups excluding carboxylic acids is 1. The summed E-state index contributed by atoms with van der Waals surface area (Å²) >= 11 is 0. The van der Waals surface area contributed by atoms with Crippen LogP contribution in [0.15, 0.2) is 36.4 Å². The van der Waals surface area contributed by atoms with Gasteiger partial charge in [-0.1, -0.05) is 19.1 Å². The Hall–Kier alpha value is -2.53. The van der Waals surface area contributed by atoms with Gasteiger partial charge in [-0.15, -0.1) is 0 Å². The van der Waals surface area contributed by atoms with Crippen LogP contribution in [0.1, 0.15) is 30.0 Å². The molecule has 0 aliphatic carbocycles. The van der Waals surface area contributed by atoms with Crippen molar-refractivity contribution in [1.82, 2.24) is 4.90 Å². The molecule has 4 rings (SSSR count). The van der Waals surface area contributed by atoms with Crippen LogP contribution in [0.3, 0.4) is 0 Å². The van der Waals surface area contributed by atoms with E-state index in [0.29, 0.717) is 11.9 Å². The number of anilines is 2. The fourth-order valence-electron chi connectivity index (χ4n) is 4.75. The molecule has 2 aromatic carbocycles. The first kappa shape index (κ1) is 17.9. The number of rotatable bonds is 2. The summed E-state index contributed by atoms with van der Waals surface area (Å²) in [6.07, 6.45) is 0.996. The minimum absolute atomic E-state index is 0.0574. The molecule has 1 N–H and O–H groups in total. The third kappa shape index (κ3) is 2.77. The first-order valence-corrected chi connectivity index (χ1v) is 9.44. The van der Waals surface area contributed by atoms with Crippen LogP contribution in [-0.4, -0.2) is 37.8 Å². The fraction of sp³-hybridized carbons (Fsp3) is 0.409. The number of aryl methyl sites for hydroxylation is 1. The van der Waals surface area contributed by atoms with Crippen molar-refractivity contribution < 1.29 is 9.53 Å². The number of hydrogen-bond donors (Lipinski definition) is 1. The van der Waals surface area contributed by atoms with Gasteiger partial charge in [-0.2, -0.15) is 0 Å². The summed E-state index contributed by atoms with van der Waals surface area (Å²) < 4.78 is 5.61. The van der Waals surface area contributed by atoms with Crippen molar-refractivity contribution in [2.75, 3.05) is 30.9 Å². The Bertz CT molecular complexity index is 910. The quantitative estimate of drug-likeness (QED) is 0.863. The Kier molecular flexibility index (Phi) is 4.15. The van der Waals surface area contributed by atoms with Gasteiger partial charge in [0.15, 0.2) is 0 Å². The third-order valence-electron chi connectivity index (χ3n) is 6.35. The van der Waals surface area contributed by atoms with Crippen molar-refractivity contribution in [2.45, 2.75) is 38.8 Å². The maximum Gasteiger partial charge on any atom is 0.417 e. The van der Waals surface area contributed by atoms with Crippen LogP contribution >= 0.6 is 0 Å². The number of fused-ring (bicyclic) bond motifs is 3. The van der Waals surface area contributed by atoms with Crippen LogP contribution < -0.4 is 15.0 Å². The molecular formula is C22H27N3O2. The summed E-state index contributed by atoms with van der Waals surface area (Å²) in [5.41, 5.74) is 5.51. The summed E-state index contributed by atoms with van der Waals surface area (Å²) in [4.78, 5) is 17.1. The highest BCUT2D eigenvalue weighted by molar-refractivity contribution is 5.87. The average Bonchev–Trinajstić information content (AvgIpc) is 3.05. The zero-order valence-electron chi connectivity index (χ0n) is 16.7. The standard InChI is InChI=1S/C22H27N3O2/c1-14-7-6-8-18(15(14)2)23-21(26)27-16-9-10-19-17(13-16)22(3)11-12-24(4)20(22)25(19)5/h6-10,13,20H,11-12H2,1-5H3,(H,23,26)/t20-,22+/m1/s1. The molecule has 0 saturated carbocycles. The van der Waals surface area contributed by atoms with E-state index in [2.05, 4.69) is 42.2 Å². The first-order chi connectivity index (χ1) is 12.8. The van der Waals surface area contributed by atoms with E-state index in [1.165, 1.54) is 11.3 Å². The summed E-state index contributed by atoms with van der Waals surface area (Å²) in [7, 11) is 4.32. The number of likely N-dealkylation sites (tertiary alicyclic amines) is 1. The largest absolute Gasteiger partial charge is 0.417 e. The Morgan fingerprint density at radius 1 is 1.22 bits per heavy atom. The average molecular weight is 365 g/mol. The van der Waals surface area contributed by atoms with Crippen LogP contribution in [0.2, 0.25) is 0 Å². The van der Waals surface area contributed by atoms with Crippen LogP contribution in [0.4, 0.5) is 16.2 Å². The van der Waals surface area contributed by atoms with Crippen molar-refractivity contribution in [2.24, 2.45) is 0 Å². The number of nitrogens with one attached hydrogen (secondary N) is 1.